The van der Waals surface area contributed by atoms with Gasteiger partial charge in [-0.25, -0.2) is 0 Å². The van der Waals surface area contributed by atoms with Crippen LogP contribution in [0.2, 0.25) is 0 Å². The number of fused-ring (bicyclic) bond motifs is 1. The molecule has 0 aromatic rings. The van der Waals surface area contributed by atoms with Gasteiger partial charge in [0, 0.05) is 19.6 Å². The van der Waals surface area contributed by atoms with E-state index in [1.165, 1.54) is 0 Å². The summed E-state index contributed by atoms with van der Waals surface area (Å²) in [5, 5.41) is 8.97. The van der Waals surface area contributed by atoms with Gasteiger partial charge in [-0.1, -0.05) is 0 Å². The predicted molar refractivity (Wildman–Crippen MR) is 64.9 cm³/mol. The lowest BCUT2D eigenvalue weighted by Gasteiger charge is -2.30. The molecule has 0 radical (unpaired) electrons. The summed E-state index contributed by atoms with van der Waals surface area (Å²) in [6.45, 7) is 5.14. The van der Waals surface area contributed by atoms with E-state index in [2.05, 4.69) is 4.90 Å². The third kappa shape index (κ3) is 1.64. The van der Waals surface area contributed by atoms with Crippen LogP contribution in [0.5, 0.6) is 0 Å². The van der Waals surface area contributed by atoms with Crippen LogP contribution >= 0.6 is 0 Å². The molecule has 1 saturated carbocycles. The van der Waals surface area contributed by atoms with E-state index in [1.807, 2.05) is 18.9 Å². The SMILES string of the molecule is CN1CCC(C)(C(=O)N2C[C@@H]3C(C(=O)O)[C@@H]3C2)C1. The zero-order valence-electron chi connectivity index (χ0n) is 10.9. The molecule has 4 atom stereocenters. The van der Waals surface area contributed by atoms with Gasteiger partial charge >= 0.3 is 5.97 Å². The maximum Gasteiger partial charge on any atom is 0.307 e. The highest BCUT2D eigenvalue weighted by molar-refractivity contribution is 5.84. The highest BCUT2D eigenvalue weighted by Crippen LogP contribution is 2.52. The van der Waals surface area contributed by atoms with E-state index < -0.39 is 5.97 Å². The predicted octanol–water partition coefficient (Wildman–Crippen LogP) is 0.117. The minimum Gasteiger partial charge on any atom is -0.481 e. The highest BCUT2D eigenvalue weighted by Gasteiger charge is 2.61. The molecule has 2 unspecified atom stereocenters. The van der Waals surface area contributed by atoms with Crippen LogP contribution in [0.25, 0.3) is 0 Å². The average Bonchev–Trinajstić information content (AvgIpc) is 2.66. The normalized spacial score (nSPS) is 43.0. The Hall–Kier alpha value is -1.10. The summed E-state index contributed by atoms with van der Waals surface area (Å²) in [4.78, 5) is 27.5. The van der Waals surface area contributed by atoms with Gasteiger partial charge in [0.25, 0.3) is 0 Å². The van der Waals surface area contributed by atoms with Gasteiger partial charge in [-0.2, -0.15) is 0 Å². The number of rotatable bonds is 2. The quantitative estimate of drug-likeness (QED) is 0.758. The Morgan fingerprint density at radius 3 is 2.33 bits per heavy atom. The Bertz CT molecular complexity index is 399. The van der Waals surface area contributed by atoms with E-state index in [-0.39, 0.29) is 29.1 Å². The second-order valence-electron chi connectivity index (χ2n) is 6.45. The molecule has 0 spiro atoms. The molecular weight excluding hydrogens is 232 g/mol. The zero-order valence-corrected chi connectivity index (χ0v) is 10.9. The second-order valence-corrected chi connectivity index (χ2v) is 6.45. The van der Waals surface area contributed by atoms with Gasteiger partial charge < -0.3 is 14.9 Å². The number of aliphatic carboxylic acids is 1. The fourth-order valence-electron chi connectivity index (χ4n) is 3.81. The summed E-state index contributed by atoms with van der Waals surface area (Å²) < 4.78 is 0. The van der Waals surface area contributed by atoms with Crippen molar-refractivity contribution in [3.8, 4) is 0 Å². The summed E-state index contributed by atoms with van der Waals surface area (Å²) in [6.07, 6.45) is 0.913. The Labute approximate surface area is 107 Å². The lowest BCUT2D eigenvalue weighted by atomic mass is 9.88. The third-order valence-corrected chi connectivity index (χ3v) is 4.95. The topological polar surface area (TPSA) is 60.9 Å². The lowest BCUT2D eigenvalue weighted by Crippen LogP contribution is -2.44. The van der Waals surface area contributed by atoms with Gasteiger partial charge in [0.2, 0.25) is 5.91 Å². The summed E-state index contributed by atoms with van der Waals surface area (Å²) in [5.41, 5.74) is -0.260. The Morgan fingerprint density at radius 1 is 1.28 bits per heavy atom. The number of likely N-dealkylation sites (tertiary alicyclic amines) is 2. The molecule has 3 aliphatic rings. The van der Waals surface area contributed by atoms with Crippen molar-refractivity contribution in [3.63, 3.8) is 0 Å². The number of carboxylic acids is 1. The maximum absolute atomic E-state index is 12.5. The van der Waals surface area contributed by atoms with Crippen molar-refractivity contribution < 1.29 is 14.7 Å². The van der Waals surface area contributed by atoms with Crippen LogP contribution < -0.4 is 0 Å². The fraction of sp³-hybridized carbons (Fsp3) is 0.846. The van der Waals surface area contributed by atoms with Gasteiger partial charge in [-0.15, -0.1) is 0 Å². The largest absolute Gasteiger partial charge is 0.481 e. The van der Waals surface area contributed by atoms with Crippen LogP contribution in [-0.2, 0) is 9.59 Å². The summed E-state index contributed by atoms with van der Waals surface area (Å²) in [6, 6.07) is 0. The lowest BCUT2D eigenvalue weighted by molar-refractivity contribution is -0.143. The molecule has 0 aromatic heterocycles. The van der Waals surface area contributed by atoms with Crippen molar-refractivity contribution in [2.75, 3.05) is 33.2 Å². The molecule has 0 aromatic carbocycles. The van der Waals surface area contributed by atoms with E-state index in [9.17, 15) is 9.59 Å². The average molecular weight is 252 g/mol. The van der Waals surface area contributed by atoms with Crippen LogP contribution in [0.15, 0.2) is 0 Å². The molecule has 1 aliphatic carbocycles. The molecule has 2 saturated heterocycles. The Morgan fingerprint density at radius 2 is 1.89 bits per heavy atom. The number of carboxylic acid groups (broad SMARTS) is 1. The van der Waals surface area contributed by atoms with Crippen molar-refractivity contribution >= 4 is 11.9 Å². The molecule has 2 heterocycles. The molecule has 5 nitrogen and oxygen atoms in total. The first-order valence-corrected chi connectivity index (χ1v) is 6.63. The molecule has 3 fully saturated rings. The third-order valence-electron chi connectivity index (χ3n) is 4.95. The van der Waals surface area contributed by atoms with E-state index >= 15 is 0 Å². The first kappa shape index (κ1) is 12.0. The van der Waals surface area contributed by atoms with E-state index in [0.29, 0.717) is 13.1 Å². The van der Waals surface area contributed by atoms with E-state index in [0.717, 1.165) is 19.5 Å². The maximum atomic E-state index is 12.5. The van der Waals surface area contributed by atoms with Gasteiger partial charge in [0.05, 0.1) is 11.3 Å². The van der Waals surface area contributed by atoms with Gasteiger partial charge in [-0.3, -0.25) is 9.59 Å². The number of hydrogen-bond acceptors (Lipinski definition) is 3. The first-order valence-electron chi connectivity index (χ1n) is 6.63. The standard InChI is InChI=1S/C13H20N2O3/c1-13(3-4-14(2)7-13)12(18)15-5-8-9(6-15)10(8)11(16)17/h8-10H,3-7H2,1-2H3,(H,16,17)/t8-,9+,10?,13?. The molecule has 3 rings (SSSR count). The highest BCUT2D eigenvalue weighted by atomic mass is 16.4. The number of piperidine rings is 1. The molecule has 2 aliphatic heterocycles. The van der Waals surface area contributed by atoms with Crippen molar-refractivity contribution in [1.29, 1.82) is 0 Å². The van der Waals surface area contributed by atoms with Gasteiger partial charge in [0.15, 0.2) is 0 Å². The van der Waals surface area contributed by atoms with Crippen LogP contribution in [0.4, 0.5) is 0 Å². The van der Waals surface area contributed by atoms with Crippen LogP contribution in [-0.4, -0.2) is 60.0 Å². The zero-order chi connectivity index (χ0) is 13.1. The van der Waals surface area contributed by atoms with E-state index in [1.54, 1.807) is 0 Å². The van der Waals surface area contributed by atoms with E-state index in [4.69, 9.17) is 5.11 Å². The molecule has 0 bridgehead atoms. The summed E-state index contributed by atoms with van der Waals surface area (Å²) in [7, 11) is 2.04. The molecule has 5 heteroatoms. The van der Waals surface area contributed by atoms with Gasteiger partial charge in [0.1, 0.15) is 0 Å². The first-order chi connectivity index (χ1) is 8.42. The van der Waals surface area contributed by atoms with Crippen molar-refractivity contribution in [1.82, 2.24) is 9.80 Å². The van der Waals surface area contributed by atoms with Crippen molar-refractivity contribution in [2.24, 2.45) is 23.2 Å². The minimum atomic E-state index is -0.691. The number of carbonyl (C=O) groups excluding carboxylic acids is 1. The Kier molecular flexibility index (Phi) is 2.46. The second kappa shape index (κ2) is 3.70. The summed E-state index contributed by atoms with van der Waals surface area (Å²) in [5.74, 6) is -0.219. The molecule has 1 N–H and O–H groups in total. The number of amides is 1. The van der Waals surface area contributed by atoms with Gasteiger partial charge in [-0.05, 0) is 38.8 Å². The van der Waals surface area contributed by atoms with Crippen LogP contribution in [0, 0.1) is 23.2 Å². The molecule has 100 valence electrons. The molecule has 1 amide bonds. The van der Waals surface area contributed by atoms with Crippen LogP contribution in [0.3, 0.4) is 0 Å². The minimum absolute atomic E-state index is 0.187. The number of carbonyl (C=O) groups is 2. The molecular formula is C13H20N2O3. The number of hydrogen-bond donors (Lipinski definition) is 1. The van der Waals surface area contributed by atoms with Crippen molar-refractivity contribution in [3.05, 3.63) is 0 Å². The van der Waals surface area contributed by atoms with Crippen molar-refractivity contribution in [2.45, 2.75) is 13.3 Å². The fourth-order valence-corrected chi connectivity index (χ4v) is 3.81. The van der Waals surface area contributed by atoms with Crippen LogP contribution in [0.1, 0.15) is 13.3 Å². The molecule has 18 heavy (non-hydrogen) atoms. The Balaban J connectivity index is 1.62. The number of nitrogens with zero attached hydrogens (tertiary/aromatic N) is 2. The smallest absolute Gasteiger partial charge is 0.307 e. The monoisotopic (exact) mass is 252 g/mol. The summed E-state index contributed by atoms with van der Waals surface area (Å²) >= 11 is 0.